The van der Waals surface area contributed by atoms with Gasteiger partial charge in [0.15, 0.2) is 9.84 Å². The Morgan fingerprint density at radius 3 is 2.55 bits per heavy atom. The molecule has 20 heavy (non-hydrogen) atoms. The minimum Gasteiger partial charge on any atom is -0.459 e. The molecule has 1 aromatic carbocycles. The summed E-state index contributed by atoms with van der Waals surface area (Å²) in [4.78, 5) is 0. The van der Waals surface area contributed by atoms with Gasteiger partial charge in [-0.25, -0.2) is 8.42 Å². The molecule has 2 aromatic rings. The number of para-hydroxylation sites is 1. The van der Waals surface area contributed by atoms with E-state index in [1.54, 1.807) is 13.8 Å². The molecule has 0 aliphatic carbocycles. The number of hydrogen-bond donors (Lipinski definition) is 1. The van der Waals surface area contributed by atoms with Crippen LogP contribution in [0.2, 0.25) is 0 Å². The van der Waals surface area contributed by atoms with E-state index in [4.69, 9.17) is 4.42 Å². The van der Waals surface area contributed by atoms with E-state index < -0.39 is 9.84 Å². The molecule has 1 aromatic heterocycles. The van der Waals surface area contributed by atoms with Crippen LogP contribution in [0.1, 0.15) is 32.6 Å². The molecule has 110 valence electrons. The van der Waals surface area contributed by atoms with Gasteiger partial charge in [0.25, 0.3) is 0 Å². The van der Waals surface area contributed by atoms with Crippen LogP contribution in [0.5, 0.6) is 0 Å². The third-order valence-electron chi connectivity index (χ3n) is 3.36. The standard InChI is InChI=1S/C15H21NO3S/c1-4-16-13(10-20(17,18)11(2)3)15-9-12-7-5-6-8-14(12)19-15/h5-9,11,13,16H,4,10H2,1-3H3. The van der Waals surface area contributed by atoms with Crippen molar-refractivity contribution in [2.75, 3.05) is 12.3 Å². The van der Waals surface area contributed by atoms with Gasteiger partial charge < -0.3 is 9.73 Å². The Morgan fingerprint density at radius 1 is 1.25 bits per heavy atom. The zero-order chi connectivity index (χ0) is 14.8. The molecule has 0 radical (unpaired) electrons. The van der Waals surface area contributed by atoms with E-state index in [0.717, 1.165) is 11.0 Å². The third kappa shape index (κ3) is 3.22. The predicted molar refractivity (Wildman–Crippen MR) is 81.6 cm³/mol. The van der Waals surface area contributed by atoms with Crippen LogP contribution in [0, 0.1) is 0 Å². The van der Waals surface area contributed by atoms with E-state index in [0.29, 0.717) is 12.3 Å². The van der Waals surface area contributed by atoms with Gasteiger partial charge >= 0.3 is 0 Å². The molecule has 0 fully saturated rings. The molecule has 1 unspecified atom stereocenters. The Bertz CT molecular complexity index is 640. The predicted octanol–water partition coefficient (Wildman–Crippen LogP) is 2.91. The zero-order valence-corrected chi connectivity index (χ0v) is 12.9. The summed E-state index contributed by atoms with van der Waals surface area (Å²) in [6.07, 6.45) is 0. The number of hydrogen-bond acceptors (Lipinski definition) is 4. The van der Waals surface area contributed by atoms with Gasteiger partial charge in [0.1, 0.15) is 11.3 Å². The maximum absolute atomic E-state index is 12.1. The second kappa shape index (κ2) is 5.97. The van der Waals surface area contributed by atoms with Crippen molar-refractivity contribution in [2.45, 2.75) is 32.1 Å². The Balaban J connectivity index is 2.33. The molecule has 2 rings (SSSR count). The lowest BCUT2D eigenvalue weighted by Gasteiger charge is -2.17. The minimum absolute atomic E-state index is 0.0539. The van der Waals surface area contributed by atoms with Crippen molar-refractivity contribution < 1.29 is 12.8 Å². The zero-order valence-electron chi connectivity index (χ0n) is 12.1. The number of benzene rings is 1. The number of nitrogens with one attached hydrogen (secondary N) is 1. The first-order chi connectivity index (χ1) is 9.44. The highest BCUT2D eigenvalue weighted by Gasteiger charge is 2.25. The lowest BCUT2D eigenvalue weighted by Crippen LogP contribution is -2.31. The molecule has 0 aliphatic rings. The quantitative estimate of drug-likeness (QED) is 0.890. The summed E-state index contributed by atoms with van der Waals surface area (Å²) >= 11 is 0. The van der Waals surface area contributed by atoms with Crippen molar-refractivity contribution in [3.05, 3.63) is 36.1 Å². The highest BCUT2D eigenvalue weighted by atomic mass is 32.2. The third-order valence-corrected chi connectivity index (χ3v) is 5.59. The first kappa shape index (κ1) is 15.1. The smallest absolute Gasteiger partial charge is 0.154 e. The van der Waals surface area contributed by atoms with Crippen molar-refractivity contribution >= 4 is 20.8 Å². The van der Waals surface area contributed by atoms with Crippen LogP contribution in [0.25, 0.3) is 11.0 Å². The Kier molecular flexibility index (Phi) is 4.50. The van der Waals surface area contributed by atoms with Crippen LogP contribution >= 0.6 is 0 Å². The maximum atomic E-state index is 12.1. The average molecular weight is 295 g/mol. The van der Waals surface area contributed by atoms with Gasteiger partial charge in [-0.2, -0.15) is 0 Å². The first-order valence-corrected chi connectivity index (χ1v) is 8.59. The molecule has 0 amide bonds. The highest BCUT2D eigenvalue weighted by molar-refractivity contribution is 7.92. The Morgan fingerprint density at radius 2 is 1.95 bits per heavy atom. The molecular formula is C15H21NO3S. The second-order valence-electron chi connectivity index (χ2n) is 5.18. The summed E-state index contributed by atoms with van der Waals surface area (Å²) in [6.45, 7) is 6.06. The molecule has 1 N–H and O–H groups in total. The van der Waals surface area contributed by atoms with Crippen LogP contribution in [0.3, 0.4) is 0 Å². The molecule has 1 atom stereocenters. The molecule has 1 heterocycles. The Hall–Kier alpha value is -1.33. The van der Waals surface area contributed by atoms with Gasteiger partial charge in [-0.15, -0.1) is 0 Å². The highest BCUT2D eigenvalue weighted by Crippen LogP contribution is 2.25. The van der Waals surface area contributed by atoms with Crippen molar-refractivity contribution in [2.24, 2.45) is 0 Å². The van der Waals surface area contributed by atoms with Crippen molar-refractivity contribution in [1.82, 2.24) is 5.32 Å². The normalized spacial score (nSPS) is 14.0. The van der Waals surface area contributed by atoms with E-state index in [1.165, 1.54) is 0 Å². The monoisotopic (exact) mass is 295 g/mol. The van der Waals surface area contributed by atoms with Crippen LogP contribution in [0.4, 0.5) is 0 Å². The molecule has 4 nitrogen and oxygen atoms in total. The van der Waals surface area contributed by atoms with Gasteiger partial charge in [0.05, 0.1) is 17.0 Å². The topological polar surface area (TPSA) is 59.3 Å². The van der Waals surface area contributed by atoms with E-state index >= 15 is 0 Å². The summed E-state index contributed by atoms with van der Waals surface area (Å²) in [5.41, 5.74) is 0.785. The van der Waals surface area contributed by atoms with E-state index in [1.807, 2.05) is 37.3 Å². The summed E-state index contributed by atoms with van der Waals surface area (Å²) < 4.78 is 30.0. The lowest BCUT2D eigenvalue weighted by atomic mass is 10.2. The molecule has 0 aliphatic heterocycles. The van der Waals surface area contributed by atoms with Crippen LogP contribution in [-0.2, 0) is 9.84 Å². The van der Waals surface area contributed by atoms with E-state index in [2.05, 4.69) is 5.32 Å². The summed E-state index contributed by atoms with van der Waals surface area (Å²) in [5, 5.41) is 3.81. The number of furan rings is 1. The van der Waals surface area contributed by atoms with Crippen LogP contribution in [-0.4, -0.2) is 26.0 Å². The van der Waals surface area contributed by atoms with Crippen molar-refractivity contribution in [1.29, 1.82) is 0 Å². The van der Waals surface area contributed by atoms with Gasteiger partial charge in [-0.05, 0) is 32.5 Å². The minimum atomic E-state index is -3.13. The summed E-state index contributed by atoms with van der Waals surface area (Å²) in [5.74, 6) is 0.732. The van der Waals surface area contributed by atoms with Gasteiger partial charge in [0.2, 0.25) is 0 Å². The fourth-order valence-corrected chi connectivity index (χ4v) is 3.22. The Labute approximate surface area is 120 Å². The SMILES string of the molecule is CCNC(CS(=O)(=O)C(C)C)c1cc2ccccc2o1. The first-order valence-electron chi connectivity index (χ1n) is 6.87. The molecular weight excluding hydrogens is 274 g/mol. The second-order valence-corrected chi connectivity index (χ2v) is 7.78. The molecule has 0 spiro atoms. The van der Waals surface area contributed by atoms with Crippen LogP contribution in [0.15, 0.2) is 34.7 Å². The van der Waals surface area contributed by atoms with Crippen molar-refractivity contribution in [3.8, 4) is 0 Å². The number of rotatable bonds is 6. The van der Waals surface area contributed by atoms with Gasteiger partial charge in [-0.3, -0.25) is 0 Å². The summed E-state index contributed by atoms with van der Waals surface area (Å²) in [7, 11) is -3.13. The largest absolute Gasteiger partial charge is 0.459 e. The fraction of sp³-hybridized carbons (Fsp3) is 0.467. The molecule has 5 heteroatoms. The van der Waals surface area contributed by atoms with Gasteiger partial charge in [-0.1, -0.05) is 25.1 Å². The van der Waals surface area contributed by atoms with E-state index in [9.17, 15) is 8.42 Å². The maximum Gasteiger partial charge on any atom is 0.154 e. The molecule has 0 saturated carbocycles. The van der Waals surface area contributed by atoms with Gasteiger partial charge in [0, 0.05) is 5.39 Å². The van der Waals surface area contributed by atoms with Crippen molar-refractivity contribution in [3.63, 3.8) is 0 Å². The van der Waals surface area contributed by atoms with E-state index in [-0.39, 0.29) is 17.0 Å². The number of fused-ring (bicyclic) bond motifs is 1. The van der Waals surface area contributed by atoms with Crippen LogP contribution < -0.4 is 5.32 Å². The average Bonchev–Trinajstić information content (AvgIpc) is 2.81. The lowest BCUT2D eigenvalue weighted by molar-refractivity contribution is 0.455. The summed E-state index contributed by atoms with van der Waals surface area (Å²) in [6, 6.07) is 9.30. The number of sulfone groups is 1. The fourth-order valence-electron chi connectivity index (χ4n) is 2.09. The molecule has 0 bridgehead atoms. The molecule has 0 saturated heterocycles.